The molecule has 2 N–H and O–H groups in total. The van der Waals surface area contributed by atoms with Crippen LogP contribution in [-0.4, -0.2) is 29.7 Å². The number of fused-ring (bicyclic) bond motifs is 1. The van der Waals surface area contributed by atoms with Gasteiger partial charge in [0.25, 0.3) is 0 Å². The molecule has 3 aromatic rings. The minimum Gasteiger partial charge on any atom is -0.356 e. The van der Waals surface area contributed by atoms with Crippen molar-refractivity contribution >= 4 is 40.7 Å². The number of nitrogens with zero attached hydrogens (tertiary/aromatic N) is 3. The lowest BCUT2D eigenvalue weighted by molar-refractivity contribution is 0.371. The molecule has 0 saturated heterocycles. The second kappa shape index (κ2) is 10.4. The summed E-state index contributed by atoms with van der Waals surface area (Å²) in [6, 6.07) is 14.9. The van der Waals surface area contributed by atoms with Crippen molar-refractivity contribution in [3.05, 3.63) is 59.7 Å². The van der Waals surface area contributed by atoms with E-state index in [0.717, 1.165) is 11.8 Å². The number of hydrogen-bond donors (Lipinski definition) is 2. The first-order valence-corrected chi connectivity index (χ1v) is 9.35. The van der Waals surface area contributed by atoms with E-state index >= 15 is 0 Å². The van der Waals surface area contributed by atoms with Gasteiger partial charge in [-0.25, -0.2) is 0 Å². The molecule has 28 heavy (non-hydrogen) atoms. The first-order chi connectivity index (χ1) is 13.1. The molecule has 2 aromatic carbocycles. The summed E-state index contributed by atoms with van der Waals surface area (Å²) in [7, 11) is 1.77. The molecule has 0 aliphatic carbocycles. The fourth-order valence-electron chi connectivity index (χ4n) is 3.00. The van der Waals surface area contributed by atoms with Crippen LogP contribution in [-0.2, 0) is 6.42 Å². The molecule has 0 bridgehead atoms. The maximum atomic E-state index is 5.28. The first kappa shape index (κ1) is 22.1. The van der Waals surface area contributed by atoms with Gasteiger partial charge in [-0.1, -0.05) is 61.5 Å². The van der Waals surface area contributed by atoms with Gasteiger partial charge >= 0.3 is 0 Å². The maximum absolute atomic E-state index is 5.28. The Kier molecular flexibility index (Phi) is 8.22. The average Bonchev–Trinajstić information content (AvgIpc) is 3.16. The number of benzene rings is 2. The van der Waals surface area contributed by atoms with E-state index in [4.69, 9.17) is 4.52 Å². The average molecular weight is 493 g/mol. The van der Waals surface area contributed by atoms with E-state index in [0.29, 0.717) is 18.9 Å². The van der Waals surface area contributed by atoms with Crippen LogP contribution in [0.3, 0.4) is 0 Å². The summed E-state index contributed by atoms with van der Waals surface area (Å²) >= 11 is 0. The van der Waals surface area contributed by atoms with Gasteiger partial charge in [0.2, 0.25) is 5.89 Å². The number of rotatable bonds is 6. The highest BCUT2D eigenvalue weighted by molar-refractivity contribution is 14.0. The highest BCUT2D eigenvalue weighted by atomic mass is 127. The fraction of sp³-hybridized carbons (Fsp3) is 0.381. The van der Waals surface area contributed by atoms with E-state index in [1.54, 1.807) is 7.05 Å². The van der Waals surface area contributed by atoms with Gasteiger partial charge in [-0.15, -0.1) is 24.0 Å². The highest BCUT2D eigenvalue weighted by Gasteiger charge is 2.12. The molecular weight excluding hydrogens is 465 g/mol. The molecule has 0 radical (unpaired) electrons. The Hall–Kier alpha value is -2.16. The standard InChI is InChI=1S/C21H27N5O.HI/c1-14(2)20-25-19(27-26-20)12-13-23-21(22-4)24-15(3)17-11-7-9-16-8-5-6-10-18(16)17;/h5-11,14-15H,12-13H2,1-4H3,(H2,22,23,24);1H. The third kappa shape index (κ3) is 5.43. The van der Waals surface area contributed by atoms with Gasteiger partial charge in [0.1, 0.15) is 0 Å². The molecule has 3 rings (SSSR count). The summed E-state index contributed by atoms with van der Waals surface area (Å²) in [4.78, 5) is 8.72. The van der Waals surface area contributed by atoms with Crippen LogP contribution >= 0.6 is 24.0 Å². The Morgan fingerprint density at radius 2 is 1.86 bits per heavy atom. The number of halogens is 1. The Morgan fingerprint density at radius 3 is 2.57 bits per heavy atom. The van der Waals surface area contributed by atoms with Gasteiger partial charge in [0.05, 0.1) is 6.04 Å². The van der Waals surface area contributed by atoms with Crippen molar-refractivity contribution in [1.82, 2.24) is 20.8 Å². The van der Waals surface area contributed by atoms with Gasteiger partial charge in [-0.05, 0) is 23.3 Å². The van der Waals surface area contributed by atoms with Gasteiger partial charge < -0.3 is 15.2 Å². The number of aromatic nitrogens is 2. The van der Waals surface area contributed by atoms with E-state index in [2.05, 4.69) is 75.2 Å². The number of hydrogen-bond acceptors (Lipinski definition) is 4. The van der Waals surface area contributed by atoms with Crippen molar-refractivity contribution in [1.29, 1.82) is 0 Å². The van der Waals surface area contributed by atoms with Gasteiger partial charge in [-0.3, -0.25) is 4.99 Å². The second-order valence-corrected chi connectivity index (χ2v) is 6.88. The zero-order valence-electron chi connectivity index (χ0n) is 16.8. The summed E-state index contributed by atoms with van der Waals surface area (Å²) < 4.78 is 5.28. The molecule has 1 atom stereocenters. The van der Waals surface area contributed by atoms with E-state index < -0.39 is 0 Å². The zero-order valence-corrected chi connectivity index (χ0v) is 19.1. The van der Waals surface area contributed by atoms with Crippen molar-refractivity contribution in [2.24, 2.45) is 4.99 Å². The molecule has 0 aliphatic rings. The Bertz CT molecular complexity index is 917. The molecule has 7 heteroatoms. The lowest BCUT2D eigenvalue weighted by Gasteiger charge is -2.19. The monoisotopic (exact) mass is 493 g/mol. The molecule has 1 unspecified atom stereocenters. The normalized spacial score (nSPS) is 12.7. The fourth-order valence-corrected chi connectivity index (χ4v) is 3.00. The number of aliphatic imine (C=N–C) groups is 1. The minimum absolute atomic E-state index is 0. The van der Waals surface area contributed by atoms with Crippen LogP contribution in [0.1, 0.15) is 50.0 Å². The van der Waals surface area contributed by atoms with Gasteiger partial charge in [0, 0.05) is 25.9 Å². The van der Waals surface area contributed by atoms with E-state index in [9.17, 15) is 0 Å². The summed E-state index contributed by atoms with van der Waals surface area (Å²) in [6.45, 7) is 6.91. The van der Waals surface area contributed by atoms with Crippen LogP contribution in [0.25, 0.3) is 10.8 Å². The molecule has 0 spiro atoms. The second-order valence-electron chi connectivity index (χ2n) is 6.88. The Labute approximate surface area is 183 Å². The Balaban J connectivity index is 0.00000280. The van der Waals surface area contributed by atoms with E-state index in [1.165, 1.54) is 16.3 Å². The quantitative estimate of drug-likeness (QED) is 0.302. The van der Waals surface area contributed by atoms with Crippen LogP contribution in [0, 0.1) is 0 Å². The van der Waals surface area contributed by atoms with Gasteiger partial charge in [-0.2, -0.15) is 4.98 Å². The maximum Gasteiger partial charge on any atom is 0.228 e. The minimum atomic E-state index is 0. The number of guanidine groups is 1. The molecule has 0 amide bonds. The molecule has 0 saturated carbocycles. The van der Waals surface area contributed by atoms with Crippen molar-refractivity contribution in [2.75, 3.05) is 13.6 Å². The predicted molar refractivity (Wildman–Crippen MR) is 124 cm³/mol. The third-order valence-electron chi connectivity index (χ3n) is 4.50. The summed E-state index contributed by atoms with van der Waals surface area (Å²) in [5, 5.41) is 13.3. The molecule has 6 nitrogen and oxygen atoms in total. The molecule has 0 aliphatic heterocycles. The summed E-state index contributed by atoms with van der Waals surface area (Å²) in [5.41, 5.74) is 1.24. The van der Waals surface area contributed by atoms with E-state index in [-0.39, 0.29) is 35.9 Å². The molecule has 1 heterocycles. The largest absolute Gasteiger partial charge is 0.356 e. The predicted octanol–water partition coefficient (Wildman–Crippen LogP) is 4.43. The van der Waals surface area contributed by atoms with Crippen LogP contribution in [0.15, 0.2) is 52.0 Å². The molecular formula is C21H28IN5O. The van der Waals surface area contributed by atoms with Crippen LogP contribution in [0.2, 0.25) is 0 Å². The van der Waals surface area contributed by atoms with Crippen molar-refractivity contribution in [3.63, 3.8) is 0 Å². The Morgan fingerprint density at radius 1 is 1.11 bits per heavy atom. The molecule has 1 aromatic heterocycles. The van der Waals surface area contributed by atoms with Crippen molar-refractivity contribution in [3.8, 4) is 0 Å². The molecule has 150 valence electrons. The topological polar surface area (TPSA) is 75.3 Å². The van der Waals surface area contributed by atoms with Crippen molar-refractivity contribution in [2.45, 2.75) is 39.2 Å². The van der Waals surface area contributed by atoms with Crippen LogP contribution in [0.4, 0.5) is 0 Å². The van der Waals surface area contributed by atoms with Crippen molar-refractivity contribution < 1.29 is 4.52 Å². The third-order valence-corrected chi connectivity index (χ3v) is 4.50. The smallest absolute Gasteiger partial charge is 0.228 e. The summed E-state index contributed by atoms with van der Waals surface area (Å²) in [6.07, 6.45) is 0.656. The first-order valence-electron chi connectivity index (χ1n) is 9.35. The SMILES string of the molecule is CN=C(NCCc1nc(C(C)C)no1)NC(C)c1cccc2ccccc12.I. The summed E-state index contributed by atoms with van der Waals surface area (Å²) in [5.74, 6) is 2.41. The van der Waals surface area contributed by atoms with Crippen LogP contribution < -0.4 is 10.6 Å². The lowest BCUT2D eigenvalue weighted by Crippen LogP contribution is -2.39. The highest BCUT2D eigenvalue weighted by Crippen LogP contribution is 2.23. The number of nitrogens with one attached hydrogen (secondary N) is 2. The molecule has 0 fully saturated rings. The van der Waals surface area contributed by atoms with E-state index in [1.807, 2.05) is 13.8 Å². The lowest BCUT2D eigenvalue weighted by atomic mass is 10.00. The van der Waals surface area contributed by atoms with Gasteiger partial charge in [0.15, 0.2) is 11.8 Å². The van der Waals surface area contributed by atoms with Crippen LogP contribution in [0.5, 0.6) is 0 Å². The zero-order chi connectivity index (χ0) is 19.2.